The number of hydrogen-bond donors (Lipinski definition) is 1. The molecular formula is C8H11F4NO. The van der Waals surface area contributed by atoms with Crippen LogP contribution < -0.4 is 5.32 Å². The van der Waals surface area contributed by atoms with Crippen molar-refractivity contribution in [1.82, 2.24) is 5.32 Å². The highest BCUT2D eigenvalue weighted by molar-refractivity contribution is 5.83. The van der Waals surface area contributed by atoms with Crippen LogP contribution in [0, 0.1) is 5.92 Å². The van der Waals surface area contributed by atoms with E-state index >= 15 is 0 Å². The molecule has 1 saturated carbocycles. The zero-order valence-corrected chi connectivity index (χ0v) is 7.40. The molecule has 0 atom stereocenters. The molecule has 82 valence electrons. The fourth-order valence-corrected chi connectivity index (χ4v) is 1.01. The van der Waals surface area contributed by atoms with E-state index in [1.807, 2.05) is 0 Å². The Kier molecular flexibility index (Phi) is 3.34. The molecule has 1 amide bonds. The van der Waals surface area contributed by atoms with Gasteiger partial charge < -0.3 is 5.32 Å². The van der Waals surface area contributed by atoms with Crippen molar-refractivity contribution in [3.63, 3.8) is 0 Å². The van der Waals surface area contributed by atoms with Crippen LogP contribution in [-0.4, -0.2) is 24.8 Å². The van der Waals surface area contributed by atoms with Crippen molar-refractivity contribution in [1.29, 1.82) is 0 Å². The highest BCUT2D eigenvalue weighted by Crippen LogP contribution is 2.31. The zero-order chi connectivity index (χ0) is 10.8. The predicted molar refractivity (Wildman–Crippen MR) is 41.3 cm³/mol. The van der Waals surface area contributed by atoms with E-state index in [-0.39, 0.29) is 6.54 Å². The van der Waals surface area contributed by atoms with Gasteiger partial charge in [-0.1, -0.05) is 12.8 Å². The van der Waals surface area contributed by atoms with Crippen molar-refractivity contribution in [2.45, 2.75) is 31.6 Å². The second kappa shape index (κ2) is 4.14. The zero-order valence-electron chi connectivity index (χ0n) is 7.40. The quantitative estimate of drug-likeness (QED) is 0.693. The lowest BCUT2D eigenvalue weighted by Gasteiger charge is -2.14. The van der Waals surface area contributed by atoms with Gasteiger partial charge in [0.2, 0.25) is 0 Å². The molecule has 1 fully saturated rings. The molecule has 1 rings (SSSR count). The van der Waals surface area contributed by atoms with E-state index in [9.17, 15) is 22.4 Å². The lowest BCUT2D eigenvalue weighted by molar-refractivity contribution is -0.169. The first kappa shape index (κ1) is 11.3. The number of amides is 1. The lowest BCUT2D eigenvalue weighted by atomic mass is 10.2. The first-order valence-electron chi connectivity index (χ1n) is 4.39. The molecule has 0 bridgehead atoms. The third-order valence-corrected chi connectivity index (χ3v) is 2.11. The Morgan fingerprint density at radius 1 is 1.43 bits per heavy atom. The highest BCUT2D eigenvalue weighted by atomic mass is 19.3. The molecule has 0 unspecified atom stereocenters. The summed E-state index contributed by atoms with van der Waals surface area (Å²) >= 11 is 0. The molecule has 0 radical (unpaired) electrons. The molecule has 2 nitrogen and oxygen atoms in total. The first-order valence-corrected chi connectivity index (χ1v) is 4.39. The van der Waals surface area contributed by atoms with Crippen LogP contribution in [-0.2, 0) is 4.79 Å². The van der Waals surface area contributed by atoms with Gasteiger partial charge in [0.25, 0.3) is 5.91 Å². The van der Waals surface area contributed by atoms with E-state index in [1.54, 1.807) is 5.32 Å². The van der Waals surface area contributed by atoms with Gasteiger partial charge in [0, 0.05) is 6.54 Å². The highest BCUT2D eigenvalue weighted by Gasteiger charge is 2.48. The molecule has 1 aliphatic rings. The smallest absolute Gasteiger partial charge is 0.351 e. The van der Waals surface area contributed by atoms with Crippen molar-refractivity contribution in [2.24, 2.45) is 5.92 Å². The van der Waals surface area contributed by atoms with Gasteiger partial charge >= 0.3 is 12.3 Å². The number of carbonyl (C=O) groups excluding carboxylic acids is 1. The van der Waals surface area contributed by atoms with Gasteiger partial charge in [0.1, 0.15) is 0 Å². The van der Waals surface area contributed by atoms with Crippen molar-refractivity contribution in [3.8, 4) is 0 Å². The van der Waals surface area contributed by atoms with Crippen LogP contribution in [0.2, 0.25) is 0 Å². The van der Waals surface area contributed by atoms with Gasteiger partial charge in [0.05, 0.1) is 0 Å². The summed E-state index contributed by atoms with van der Waals surface area (Å²) in [7, 11) is 0. The van der Waals surface area contributed by atoms with Crippen LogP contribution in [0.4, 0.5) is 17.6 Å². The van der Waals surface area contributed by atoms with Crippen molar-refractivity contribution in [3.05, 3.63) is 0 Å². The van der Waals surface area contributed by atoms with Crippen LogP contribution in [0.3, 0.4) is 0 Å². The number of hydrogen-bond acceptors (Lipinski definition) is 1. The van der Waals surface area contributed by atoms with Crippen LogP contribution in [0.1, 0.15) is 19.3 Å². The third kappa shape index (κ3) is 2.85. The Balaban J connectivity index is 2.24. The largest absolute Gasteiger partial charge is 0.383 e. The average molecular weight is 213 g/mol. The maximum atomic E-state index is 12.3. The Labute approximate surface area is 78.7 Å². The molecule has 0 saturated heterocycles. The topological polar surface area (TPSA) is 29.1 Å². The molecule has 0 aromatic heterocycles. The second-order valence-electron chi connectivity index (χ2n) is 3.41. The maximum Gasteiger partial charge on any atom is 0.383 e. The minimum Gasteiger partial charge on any atom is -0.351 e. The summed E-state index contributed by atoms with van der Waals surface area (Å²) in [5, 5.41) is 1.81. The summed E-state index contributed by atoms with van der Waals surface area (Å²) in [6.45, 7) is 0.0474. The number of carbonyl (C=O) groups is 1. The summed E-state index contributed by atoms with van der Waals surface area (Å²) in [6.07, 6.45) is -1.30. The molecule has 1 N–H and O–H groups in total. The van der Waals surface area contributed by atoms with E-state index in [2.05, 4.69) is 0 Å². The molecule has 14 heavy (non-hydrogen) atoms. The van der Waals surface area contributed by atoms with Gasteiger partial charge in [-0.05, 0) is 12.3 Å². The Morgan fingerprint density at radius 2 is 2.00 bits per heavy atom. The standard InChI is InChI=1S/C8H11F4NO/c9-6(10)8(11,12)7(14)13-4-3-5-1-2-5/h5-6H,1-4H2,(H,13,14). The van der Waals surface area contributed by atoms with E-state index in [1.165, 1.54) is 0 Å². The first-order chi connectivity index (χ1) is 6.44. The fourth-order valence-electron chi connectivity index (χ4n) is 1.01. The molecule has 6 heteroatoms. The predicted octanol–water partition coefficient (Wildman–Crippen LogP) is 1.80. The minimum absolute atomic E-state index is 0.0474. The third-order valence-electron chi connectivity index (χ3n) is 2.11. The SMILES string of the molecule is O=C(NCCC1CC1)C(F)(F)C(F)F. The minimum atomic E-state index is -4.57. The molecule has 0 aromatic carbocycles. The van der Waals surface area contributed by atoms with Gasteiger partial charge in [-0.25, -0.2) is 8.78 Å². The Morgan fingerprint density at radius 3 is 2.43 bits per heavy atom. The van der Waals surface area contributed by atoms with E-state index in [0.717, 1.165) is 12.8 Å². The number of rotatable bonds is 5. The molecule has 0 aliphatic heterocycles. The van der Waals surface area contributed by atoms with E-state index in [0.29, 0.717) is 12.3 Å². The lowest BCUT2D eigenvalue weighted by Crippen LogP contribution is -2.45. The molecule has 0 aromatic rings. The average Bonchev–Trinajstić information content (AvgIpc) is 2.87. The maximum absolute atomic E-state index is 12.3. The normalized spacial score (nSPS) is 17.2. The van der Waals surface area contributed by atoms with Gasteiger partial charge in [-0.15, -0.1) is 0 Å². The van der Waals surface area contributed by atoms with Crippen molar-refractivity contribution >= 4 is 5.91 Å². The summed E-state index contributed by atoms with van der Waals surface area (Å²) in [5.41, 5.74) is 0. The van der Waals surface area contributed by atoms with Crippen molar-refractivity contribution < 1.29 is 22.4 Å². The molecule has 0 heterocycles. The fraction of sp³-hybridized carbons (Fsp3) is 0.875. The van der Waals surface area contributed by atoms with Crippen molar-refractivity contribution in [2.75, 3.05) is 6.54 Å². The van der Waals surface area contributed by atoms with Crippen LogP contribution in [0.5, 0.6) is 0 Å². The summed E-state index contributed by atoms with van der Waals surface area (Å²) in [4.78, 5) is 10.6. The van der Waals surface area contributed by atoms with Gasteiger partial charge in [0.15, 0.2) is 0 Å². The van der Waals surface area contributed by atoms with Crippen LogP contribution in [0.25, 0.3) is 0 Å². The summed E-state index contributed by atoms with van der Waals surface area (Å²) in [5.74, 6) is -5.98. The summed E-state index contributed by atoms with van der Waals surface area (Å²) in [6, 6.07) is 0. The van der Waals surface area contributed by atoms with Gasteiger partial charge in [-0.2, -0.15) is 8.78 Å². The molecule has 1 aliphatic carbocycles. The van der Waals surface area contributed by atoms with Crippen LogP contribution >= 0.6 is 0 Å². The summed E-state index contributed by atoms with van der Waals surface area (Å²) < 4.78 is 47.9. The van der Waals surface area contributed by atoms with E-state index < -0.39 is 18.3 Å². The second-order valence-corrected chi connectivity index (χ2v) is 3.41. The van der Waals surface area contributed by atoms with Gasteiger partial charge in [-0.3, -0.25) is 4.79 Å². The Hall–Kier alpha value is -0.810. The monoisotopic (exact) mass is 213 g/mol. The molecular weight excluding hydrogens is 202 g/mol. The van der Waals surface area contributed by atoms with E-state index in [4.69, 9.17) is 0 Å². The van der Waals surface area contributed by atoms with Crippen LogP contribution in [0.15, 0.2) is 0 Å². The number of halogens is 4. The number of alkyl halides is 4. The number of nitrogens with one attached hydrogen (secondary N) is 1. The Bertz CT molecular complexity index is 215. The molecule has 0 spiro atoms.